The van der Waals surface area contributed by atoms with E-state index in [0.29, 0.717) is 5.75 Å². The lowest BCUT2D eigenvalue weighted by Gasteiger charge is -2.02. The Morgan fingerprint density at radius 1 is 0.885 bits per heavy atom. The van der Waals surface area contributed by atoms with E-state index < -0.39 is 12.2 Å². The van der Waals surface area contributed by atoms with Crippen LogP contribution < -0.4 is 9.47 Å². The average Bonchev–Trinajstić information content (AvgIpc) is 3.54. The van der Waals surface area contributed by atoms with E-state index in [0.717, 1.165) is 16.9 Å². The first-order valence-electron chi connectivity index (χ1n) is 8.34. The highest BCUT2D eigenvalue weighted by atomic mass is 16.6. The van der Waals surface area contributed by atoms with Gasteiger partial charge in [-0.3, -0.25) is 9.59 Å². The molecule has 2 saturated heterocycles. The zero-order chi connectivity index (χ0) is 18.3. The van der Waals surface area contributed by atoms with Gasteiger partial charge < -0.3 is 18.9 Å². The lowest BCUT2D eigenvalue weighted by Crippen LogP contribution is -2.15. The second kappa shape index (κ2) is 6.55. The number of Topliss-reactive ketones (excluding diaryl/α,β-unsaturated/α-hetero) is 1. The summed E-state index contributed by atoms with van der Waals surface area (Å²) in [5.74, 6) is 0.709. The molecular formula is C20H18O6. The molecule has 0 radical (unpaired) electrons. The quantitative estimate of drug-likeness (QED) is 0.451. The standard InChI is InChI=1S/C20H18O6/c1-11(21)24-15-8-4-6-13(10-15)18-20(26-18)16(22)19-17(25-19)12-5-3-7-14(9-12)23-2/h3-10,17-20H,1-2H3. The predicted octanol–water partition coefficient (Wildman–Crippen LogP) is 2.77. The van der Waals surface area contributed by atoms with Gasteiger partial charge in [0.1, 0.15) is 35.9 Å². The van der Waals surface area contributed by atoms with Crippen LogP contribution in [0.5, 0.6) is 11.5 Å². The summed E-state index contributed by atoms with van der Waals surface area (Å²) in [6.45, 7) is 1.34. The number of rotatable bonds is 6. The summed E-state index contributed by atoms with van der Waals surface area (Å²) in [6, 6.07) is 14.5. The van der Waals surface area contributed by atoms with E-state index in [9.17, 15) is 9.59 Å². The van der Waals surface area contributed by atoms with Crippen LogP contribution in [0.1, 0.15) is 30.3 Å². The van der Waals surface area contributed by atoms with E-state index in [1.54, 1.807) is 25.3 Å². The number of esters is 1. The summed E-state index contributed by atoms with van der Waals surface area (Å²) in [5, 5.41) is 0. The van der Waals surface area contributed by atoms with Crippen molar-refractivity contribution >= 4 is 11.8 Å². The number of hydrogen-bond donors (Lipinski definition) is 0. The molecule has 0 spiro atoms. The van der Waals surface area contributed by atoms with Gasteiger partial charge in [0.2, 0.25) is 0 Å². The molecule has 6 nitrogen and oxygen atoms in total. The molecular weight excluding hydrogens is 336 g/mol. The predicted molar refractivity (Wildman–Crippen MR) is 91.0 cm³/mol. The molecule has 0 saturated carbocycles. The van der Waals surface area contributed by atoms with Gasteiger partial charge in [0.05, 0.1) is 7.11 Å². The van der Waals surface area contributed by atoms with Crippen LogP contribution in [0.3, 0.4) is 0 Å². The second-order valence-electron chi connectivity index (χ2n) is 6.30. The average molecular weight is 354 g/mol. The van der Waals surface area contributed by atoms with Crippen molar-refractivity contribution in [2.24, 2.45) is 0 Å². The number of epoxide rings is 2. The Morgan fingerprint density at radius 2 is 1.42 bits per heavy atom. The lowest BCUT2D eigenvalue weighted by atomic mass is 10.0. The van der Waals surface area contributed by atoms with Crippen molar-refractivity contribution < 1.29 is 28.5 Å². The topological polar surface area (TPSA) is 77.7 Å². The summed E-state index contributed by atoms with van der Waals surface area (Å²) >= 11 is 0. The van der Waals surface area contributed by atoms with Gasteiger partial charge in [0, 0.05) is 6.92 Å². The van der Waals surface area contributed by atoms with Crippen LogP contribution in [0.2, 0.25) is 0 Å². The Hall–Kier alpha value is -2.70. The van der Waals surface area contributed by atoms with Gasteiger partial charge in [-0.2, -0.15) is 0 Å². The molecule has 0 N–H and O–H groups in total. The van der Waals surface area contributed by atoms with Gasteiger partial charge in [0.25, 0.3) is 0 Å². The first kappa shape index (κ1) is 16.8. The Morgan fingerprint density at radius 3 is 1.96 bits per heavy atom. The molecule has 4 unspecified atom stereocenters. The van der Waals surface area contributed by atoms with E-state index in [2.05, 4.69) is 0 Å². The number of ketones is 1. The molecule has 0 bridgehead atoms. The molecule has 0 amide bonds. The monoisotopic (exact) mass is 354 g/mol. The minimum atomic E-state index is -0.525. The van der Waals surface area contributed by atoms with Crippen LogP contribution in [-0.2, 0) is 19.1 Å². The van der Waals surface area contributed by atoms with Crippen molar-refractivity contribution in [1.82, 2.24) is 0 Å². The van der Waals surface area contributed by atoms with Gasteiger partial charge in [-0.25, -0.2) is 0 Å². The zero-order valence-corrected chi connectivity index (χ0v) is 14.4. The summed E-state index contributed by atoms with van der Waals surface area (Å²) < 4.78 is 21.4. The summed E-state index contributed by atoms with van der Waals surface area (Å²) in [4.78, 5) is 23.6. The molecule has 6 heteroatoms. The van der Waals surface area contributed by atoms with Crippen LogP contribution in [0.4, 0.5) is 0 Å². The number of carbonyl (C=O) groups excluding carboxylic acids is 2. The van der Waals surface area contributed by atoms with Crippen molar-refractivity contribution in [3.63, 3.8) is 0 Å². The minimum Gasteiger partial charge on any atom is -0.497 e. The SMILES string of the molecule is COc1cccc(C2OC2C(=O)C2OC2c2cccc(OC(C)=O)c2)c1. The maximum absolute atomic E-state index is 12.6. The van der Waals surface area contributed by atoms with Gasteiger partial charge >= 0.3 is 5.97 Å². The van der Waals surface area contributed by atoms with Crippen molar-refractivity contribution in [1.29, 1.82) is 0 Å². The smallest absolute Gasteiger partial charge is 0.308 e. The van der Waals surface area contributed by atoms with Gasteiger partial charge in [0.15, 0.2) is 5.78 Å². The largest absolute Gasteiger partial charge is 0.497 e. The molecule has 2 aliphatic heterocycles. The fraction of sp³-hybridized carbons (Fsp3) is 0.300. The number of ether oxygens (including phenoxy) is 4. The Balaban J connectivity index is 1.40. The third-order valence-electron chi connectivity index (χ3n) is 4.41. The fourth-order valence-corrected chi connectivity index (χ4v) is 3.07. The Labute approximate surface area is 150 Å². The van der Waals surface area contributed by atoms with Crippen molar-refractivity contribution in [3.05, 3.63) is 59.7 Å². The van der Waals surface area contributed by atoms with Gasteiger partial charge in [-0.05, 0) is 35.4 Å². The van der Waals surface area contributed by atoms with E-state index >= 15 is 0 Å². The van der Waals surface area contributed by atoms with E-state index in [1.165, 1.54) is 6.92 Å². The summed E-state index contributed by atoms with van der Waals surface area (Å²) in [6.07, 6.45) is -1.60. The number of carbonyl (C=O) groups is 2. The second-order valence-corrected chi connectivity index (χ2v) is 6.30. The van der Waals surface area contributed by atoms with E-state index in [1.807, 2.05) is 30.3 Å². The molecule has 26 heavy (non-hydrogen) atoms. The highest BCUT2D eigenvalue weighted by Crippen LogP contribution is 2.47. The van der Waals surface area contributed by atoms with Crippen LogP contribution >= 0.6 is 0 Å². The third kappa shape index (κ3) is 3.34. The molecule has 4 rings (SSSR count). The normalized spacial score (nSPS) is 26.1. The fourth-order valence-electron chi connectivity index (χ4n) is 3.07. The lowest BCUT2D eigenvalue weighted by molar-refractivity contribution is -0.131. The molecule has 4 atom stereocenters. The molecule has 0 aliphatic carbocycles. The van der Waals surface area contributed by atoms with Crippen LogP contribution in [0.15, 0.2) is 48.5 Å². The maximum Gasteiger partial charge on any atom is 0.308 e. The van der Waals surface area contributed by atoms with Crippen LogP contribution in [-0.4, -0.2) is 31.1 Å². The molecule has 2 aliphatic rings. The van der Waals surface area contributed by atoms with Gasteiger partial charge in [-0.1, -0.05) is 24.3 Å². The summed E-state index contributed by atoms with van der Waals surface area (Å²) in [7, 11) is 1.60. The summed E-state index contributed by atoms with van der Waals surface area (Å²) in [5.41, 5.74) is 1.72. The third-order valence-corrected chi connectivity index (χ3v) is 4.41. The van der Waals surface area contributed by atoms with Crippen LogP contribution in [0.25, 0.3) is 0 Å². The highest BCUT2D eigenvalue weighted by Gasteiger charge is 2.56. The van der Waals surface area contributed by atoms with E-state index in [-0.39, 0.29) is 24.0 Å². The molecule has 2 fully saturated rings. The molecule has 0 aromatic heterocycles. The first-order valence-corrected chi connectivity index (χ1v) is 8.34. The molecule has 2 heterocycles. The molecule has 2 aromatic carbocycles. The molecule has 134 valence electrons. The minimum absolute atomic E-state index is 0.0688. The Kier molecular flexibility index (Phi) is 4.22. The highest BCUT2D eigenvalue weighted by molar-refractivity contribution is 5.92. The first-order chi connectivity index (χ1) is 12.6. The zero-order valence-electron chi connectivity index (χ0n) is 14.4. The van der Waals surface area contributed by atoms with Crippen molar-refractivity contribution in [3.8, 4) is 11.5 Å². The number of benzene rings is 2. The van der Waals surface area contributed by atoms with Crippen LogP contribution in [0, 0.1) is 0 Å². The van der Waals surface area contributed by atoms with Gasteiger partial charge in [-0.15, -0.1) is 0 Å². The molecule has 2 aromatic rings. The number of hydrogen-bond acceptors (Lipinski definition) is 6. The Bertz CT molecular complexity index is 861. The van der Waals surface area contributed by atoms with Crippen molar-refractivity contribution in [2.75, 3.05) is 7.11 Å². The van der Waals surface area contributed by atoms with Crippen molar-refractivity contribution in [2.45, 2.75) is 31.3 Å². The number of methoxy groups -OCH3 is 1. The van der Waals surface area contributed by atoms with E-state index in [4.69, 9.17) is 18.9 Å². The maximum atomic E-state index is 12.6.